The first-order valence-corrected chi connectivity index (χ1v) is 6.49. The molecular formula is C13H25N. The van der Waals surface area contributed by atoms with Crippen LogP contribution >= 0.6 is 0 Å². The van der Waals surface area contributed by atoms with Crippen LogP contribution in [-0.4, -0.2) is 12.6 Å². The Labute approximate surface area is 88.7 Å². The summed E-state index contributed by atoms with van der Waals surface area (Å²) in [6, 6.07) is 0.755. The van der Waals surface area contributed by atoms with Crippen LogP contribution in [0.1, 0.15) is 52.4 Å². The summed E-state index contributed by atoms with van der Waals surface area (Å²) in [5, 5.41) is 3.70. The highest BCUT2D eigenvalue weighted by atomic mass is 14.9. The van der Waals surface area contributed by atoms with E-state index in [4.69, 9.17) is 0 Å². The van der Waals surface area contributed by atoms with Crippen molar-refractivity contribution in [2.75, 3.05) is 6.54 Å². The summed E-state index contributed by atoms with van der Waals surface area (Å²) in [5.74, 6) is 3.04. The zero-order valence-electron chi connectivity index (χ0n) is 9.76. The van der Waals surface area contributed by atoms with E-state index in [-0.39, 0.29) is 0 Å². The first kappa shape index (κ1) is 10.5. The molecular weight excluding hydrogens is 170 g/mol. The maximum Gasteiger partial charge on any atom is 0.00414 e. The van der Waals surface area contributed by atoms with Crippen LogP contribution in [0.2, 0.25) is 0 Å². The van der Waals surface area contributed by atoms with Crippen LogP contribution in [0.25, 0.3) is 0 Å². The molecule has 0 saturated heterocycles. The van der Waals surface area contributed by atoms with Crippen molar-refractivity contribution in [1.82, 2.24) is 5.32 Å². The van der Waals surface area contributed by atoms with Gasteiger partial charge < -0.3 is 5.32 Å². The van der Waals surface area contributed by atoms with E-state index in [2.05, 4.69) is 19.2 Å². The van der Waals surface area contributed by atoms with Crippen molar-refractivity contribution >= 4 is 0 Å². The second-order valence-corrected chi connectivity index (χ2v) is 5.67. The van der Waals surface area contributed by atoms with Gasteiger partial charge in [0.1, 0.15) is 0 Å². The van der Waals surface area contributed by atoms with Crippen molar-refractivity contribution in [2.24, 2.45) is 17.8 Å². The van der Waals surface area contributed by atoms with Gasteiger partial charge in [-0.15, -0.1) is 0 Å². The molecule has 1 N–H and O–H groups in total. The van der Waals surface area contributed by atoms with Crippen molar-refractivity contribution in [3.63, 3.8) is 0 Å². The second-order valence-electron chi connectivity index (χ2n) is 5.67. The molecule has 0 radical (unpaired) electrons. The Kier molecular flexibility index (Phi) is 3.48. The molecule has 2 aliphatic rings. The molecule has 0 amide bonds. The maximum absolute atomic E-state index is 3.70. The van der Waals surface area contributed by atoms with Gasteiger partial charge in [-0.2, -0.15) is 0 Å². The van der Waals surface area contributed by atoms with E-state index in [9.17, 15) is 0 Å². The number of nitrogens with one attached hydrogen (secondary N) is 1. The van der Waals surface area contributed by atoms with Crippen LogP contribution in [0.5, 0.6) is 0 Å². The fourth-order valence-corrected chi connectivity index (χ4v) is 2.87. The third-order valence-electron chi connectivity index (χ3n) is 4.17. The van der Waals surface area contributed by atoms with E-state index < -0.39 is 0 Å². The summed E-state index contributed by atoms with van der Waals surface area (Å²) in [6.07, 6.45) is 8.83. The molecule has 14 heavy (non-hydrogen) atoms. The standard InChI is InChI=1S/C13H25N/c1-10-7-13(10)9-14-11(2)8-12-5-3-4-6-12/h10-14H,3-9H2,1-2H3. The summed E-state index contributed by atoms with van der Waals surface area (Å²) in [7, 11) is 0. The highest BCUT2D eigenvalue weighted by molar-refractivity contribution is 4.85. The summed E-state index contributed by atoms with van der Waals surface area (Å²) in [4.78, 5) is 0. The average molecular weight is 195 g/mol. The van der Waals surface area contributed by atoms with Crippen molar-refractivity contribution in [1.29, 1.82) is 0 Å². The number of rotatable bonds is 5. The number of hydrogen-bond donors (Lipinski definition) is 1. The maximum atomic E-state index is 3.70. The highest BCUT2D eigenvalue weighted by Gasteiger charge is 2.32. The van der Waals surface area contributed by atoms with Crippen LogP contribution in [0, 0.1) is 17.8 Å². The fraction of sp³-hybridized carbons (Fsp3) is 1.00. The molecule has 0 aromatic heterocycles. The van der Waals surface area contributed by atoms with Gasteiger partial charge in [0.25, 0.3) is 0 Å². The molecule has 0 bridgehead atoms. The van der Waals surface area contributed by atoms with Crippen molar-refractivity contribution < 1.29 is 0 Å². The van der Waals surface area contributed by atoms with E-state index in [1.54, 1.807) is 0 Å². The van der Waals surface area contributed by atoms with Crippen LogP contribution in [-0.2, 0) is 0 Å². The summed E-state index contributed by atoms with van der Waals surface area (Å²) in [5.41, 5.74) is 0. The third kappa shape index (κ3) is 2.98. The van der Waals surface area contributed by atoms with Crippen LogP contribution in [0.15, 0.2) is 0 Å². The normalized spacial score (nSPS) is 34.7. The van der Waals surface area contributed by atoms with Gasteiger partial charge in [0.15, 0.2) is 0 Å². The molecule has 0 heterocycles. The van der Waals surface area contributed by atoms with Crippen LogP contribution in [0.4, 0.5) is 0 Å². The minimum atomic E-state index is 0.755. The summed E-state index contributed by atoms with van der Waals surface area (Å²) >= 11 is 0. The van der Waals surface area contributed by atoms with E-state index in [1.165, 1.54) is 45.1 Å². The van der Waals surface area contributed by atoms with E-state index in [0.29, 0.717) is 0 Å². The van der Waals surface area contributed by atoms with Crippen LogP contribution in [0.3, 0.4) is 0 Å². The average Bonchev–Trinajstić information content (AvgIpc) is 2.65. The SMILES string of the molecule is CC(CC1CCCC1)NCC1CC1C. The van der Waals surface area contributed by atoms with Crippen LogP contribution < -0.4 is 5.32 Å². The highest BCUT2D eigenvalue weighted by Crippen LogP contribution is 2.37. The van der Waals surface area contributed by atoms with Gasteiger partial charge in [0.2, 0.25) is 0 Å². The summed E-state index contributed by atoms with van der Waals surface area (Å²) in [6.45, 7) is 6.01. The smallest absolute Gasteiger partial charge is 0.00414 e. The quantitative estimate of drug-likeness (QED) is 0.710. The lowest BCUT2D eigenvalue weighted by molar-refractivity contribution is 0.398. The Bertz CT molecular complexity index is 172. The minimum Gasteiger partial charge on any atom is -0.314 e. The Morgan fingerprint density at radius 3 is 2.50 bits per heavy atom. The van der Waals surface area contributed by atoms with E-state index in [0.717, 1.165) is 23.8 Å². The molecule has 82 valence electrons. The molecule has 1 nitrogen and oxygen atoms in total. The lowest BCUT2D eigenvalue weighted by Gasteiger charge is -2.17. The monoisotopic (exact) mass is 195 g/mol. The topological polar surface area (TPSA) is 12.0 Å². The molecule has 0 aromatic carbocycles. The van der Waals surface area contributed by atoms with Gasteiger partial charge in [-0.1, -0.05) is 32.6 Å². The Morgan fingerprint density at radius 1 is 1.29 bits per heavy atom. The predicted octanol–water partition coefficient (Wildman–Crippen LogP) is 3.20. The van der Waals surface area contributed by atoms with Gasteiger partial charge in [0, 0.05) is 6.04 Å². The molecule has 2 saturated carbocycles. The second kappa shape index (κ2) is 4.65. The molecule has 3 unspecified atom stereocenters. The molecule has 1 heteroatoms. The molecule has 0 aliphatic heterocycles. The van der Waals surface area contributed by atoms with Crippen molar-refractivity contribution in [3.8, 4) is 0 Å². The van der Waals surface area contributed by atoms with Gasteiger partial charge >= 0.3 is 0 Å². The predicted molar refractivity (Wildman–Crippen MR) is 61.3 cm³/mol. The fourth-order valence-electron chi connectivity index (χ4n) is 2.87. The van der Waals surface area contributed by atoms with Gasteiger partial charge in [-0.25, -0.2) is 0 Å². The van der Waals surface area contributed by atoms with Crippen molar-refractivity contribution in [2.45, 2.75) is 58.4 Å². The molecule has 2 rings (SSSR count). The summed E-state index contributed by atoms with van der Waals surface area (Å²) < 4.78 is 0. The zero-order valence-corrected chi connectivity index (χ0v) is 9.76. The Hall–Kier alpha value is -0.0400. The lowest BCUT2D eigenvalue weighted by Crippen LogP contribution is -2.29. The van der Waals surface area contributed by atoms with Crippen molar-refractivity contribution in [3.05, 3.63) is 0 Å². The Balaban J connectivity index is 1.56. The van der Waals surface area contributed by atoms with Gasteiger partial charge in [-0.05, 0) is 44.1 Å². The lowest BCUT2D eigenvalue weighted by atomic mass is 9.99. The molecule has 2 aliphatic carbocycles. The molecule has 0 spiro atoms. The third-order valence-corrected chi connectivity index (χ3v) is 4.17. The Morgan fingerprint density at radius 2 is 1.93 bits per heavy atom. The first-order chi connectivity index (χ1) is 6.75. The van der Waals surface area contributed by atoms with E-state index >= 15 is 0 Å². The van der Waals surface area contributed by atoms with Gasteiger partial charge in [-0.3, -0.25) is 0 Å². The van der Waals surface area contributed by atoms with Gasteiger partial charge in [0.05, 0.1) is 0 Å². The molecule has 3 atom stereocenters. The molecule has 0 aromatic rings. The van der Waals surface area contributed by atoms with E-state index in [1.807, 2.05) is 0 Å². The zero-order chi connectivity index (χ0) is 9.97. The minimum absolute atomic E-state index is 0.755. The largest absolute Gasteiger partial charge is 0.314 e. The first-order valence-electron chi connectivity index (χ1n) is 6.49. The molecule has 2 fully saturated rings. The number of hydrogen-bond acceptors (Lipinski definition) is 1.